The van der Waals surface area contributed by atoms with Crippen LogP contribution in [0.25, 0.3) is 0 Å². The summed E-state index contributed by atoms with van der Waals surface area (Å²) in [6.45, 7) is 2.01. The quantitative estimate of drug-likeness (QED) is 0.305. The van der Waals surface area contributed by atoms with Crippen LogP contribution in [0.3, 0.4) is 0 Å². The van der Waals surface area contributed by atoms with Gasteiger partial charge in [0, 0.05) is 7.11 Å². The summed E-state index contributed by atoms with van der Waals surface area (Å²) in [5.41, 5.74) is 0. The second kappa shape index (κ2) is 5.92. The molecule has 0 rings (SSSR count). The molecule has 0 aromatic carbocycles. The van der Waals surface area contributed by atoms with E-state index in [4.69, 9.17) is 4.43 Å². The van der Waals surface area contributed by atoms with E-state index in [2.05, 4.69) is 6.08 Å². The molecule has 0 amide bonds. The summed E-state index contributed by atoms with van der Waals surface area (Å²) in [4.78, 5) is 0. The molecule has 7 heavy (non-hydrogen) atoms. The van der Waals surface area contributed by atoms with Crippen LogP contribution in [0.15, 0.2) is 12.2 Å². The highest BCUT2D eigenvalue weighted by atomic mass is 28.2. The van der Waals surface area contributed by atoms with E-state index in [-0.39, 0.29) is 0 Å². The summed E-state index contributed by atoms with van der Waals surface area (Å²) in [6.07, 6.45) is 4.13. The molecule has 0 saturated carbocycles. The van der Waals surface area contributed by atoms with Gasteiger partial charge in [-0.05, 0) is 13.0 Å². The second-order valence-corrected chi connectivity index (χ2v) is 2.23. The summed E-state index contributed by atoms with van der Waals surface area (Å²) >= 11 is 0. The Labute approximate surface area is 47.3 Å². The summed E-state index contributed by atoms with van der Waals surface area (Å²) < 4.78 is 4.82. The molecule has 0 fully saturated rings. The van der Waals surface area contributed by atoms with Crippen molar-refractivity contribution in [3.63, 3.8) is 0 Å². The first kappa shape index (κ1) is 6.92. The van der Waals surface area contributed by atoms with Crippen molar-refractivity contribution in [2.45, 2.75) is 13.0 Å². The molecule has 0 unspecified atom stereocenters. The second-order valence-electron chi connectivity index (χ2n) is 1.12. The van der Waals surface area contributed by atoms with E-state index in [1.165, 1.54) is 0 Å². The van der Waals surface area contributed by atoms with Gasteiger partial charge in [-0.25, -0.2) is 0 Å². The summed E-state index contributed by atoms with van der Waals surface area (Å²) in [5, 5.41) is 0. The maximum Gasteiger partial charge on any atom is 0.233 e. The van der Waals surface area contributed by atoms with E-state index < -0.39 is 0 Å². The molecule has 2 radical (unpaired) electrons. The van der Waals surface area contributed by atoms with Gasteiger partial charge in [0.1, 0.15) is 0 Å². The minimum atomic E-state index is 0.635. The molecule has 0 aliphatic rings. The molecule has 0 aromatic heterocycles. The standard InChI is InChI=1S/C5H10OSi/c1-3-4-5-7-6-2/h3-4H,5H2,1-2H3/b4-3+. The van der Waals surface area contributed by atoms with Crippen molar-refractivity contribution in [2.75, 3.05) is 7.11 Å². The van der Waals surface area contributed by atoms with Crippen molar-refractivity contribution in [1.29, 1.82) is 0 Å². The lowest BCUT2D eigenvalue weighted by Crippen LogP contribution is -1.87. The van der Waals surface area contributed by atoms with Crippen LogP contribution in [-0.2, 0) is 4.43 Å². The third-order valence-electron chi connectivity index (χ3n) is 0.581. The molecule has 0 atom stereocenters. The van der Waals surface area contributed by atoms with Crippen molar-refractivity contribution < 1.29 is 4.43 Å². The third-order valence-corrected chi connectivity index (χ3v) is 1.27. The minimum Gasteiger partial charge on any atom is -0.420 e. The van der Waals surface area contributed by atoms with Crippen LogP contribution < -0.4 is 0 Å². The van der Waals surface area contributed by atoms with Crippen LogP contribution in [-0.4, -0.2) is 16.9 Å². The van der Waals surface area contributed by atoms with Crippen LogP contribution in [0.2, 0.25) is 6.04 Å². The number of hydrogen-bond donors (Lipinski definition) is 0. The van der Waals surface area contributed by atoms with Gasteiger partial charge in [0.2, 0.25) is 9.76 Å². The lowest BCUT2D eigenvalue weighted by molar-refractivity contribution is 0.443. The maximum atomic E-state index is 4.82. The molecule has 0 bridgehead atoms. The predicted molar refractivity (Wildman–Crippen MR) is 32.4 cm³/mol. The average Bonchev–Trinajstić information content (AvgIpc) is 1.69. The van der Waals surface area contributed by atoms with E-state index in [1.54, 1.807) is 7.11 Å². The molecule has 0 saturated heterocycles. The Kier molecular flexibility index (Phi) is 5.85. The van der Waals surface area contributed by atoms with Crippen LogP contribution >= 0.6 is 0 Å². The Morgan fingerprint density at radius 2 is 2.43 bits per heavy atom. The fourth-order valence-electron chi connectivity index (χ4n) is 0.249. The minimum absolute atomic E-state index is 0.635. The Hall–Kier alpha value is -0.0831. The Morgan fingerprint density at radius 1 is 1.71 bits per heavy atom. The zero-order valence-electron chi connectivity index (χ0n) is 4.77. The highest BCUT2D eigenvalue weighted by Crippen LogP contribution is 1.79. The van der Waals surface area contributed by atoms with Crippen LogP contribution in [0, 0.1) is 0 Å². The van der Waals surface area contributed by atoms with E-state index in [1.807, 2.05) is 13.0 Å². The molecule has 0 aliphatic heterocycles. The zero-order chi connectivity index (χ0) is 5.54. The summed E-state index contributed by atoms with van der Waals surface area (Å²) in [7, 11) is 2.36. The first-order valence-electron chi connectivity index (χ1n) is 2.28. The monoisotopic (exact) mass is 114 g/mol. The van der Waals surface area contributed by atoms with Gasteiger partial charge in [-0.1, -0.05) is 12.2 Å². The van der Waals surface area contributed by atoms with Gasteiger partial charge < -0.3 is 4.43 Å². The highest BCUT2D eigenvalue weighted by molar-refractivity contribution is 6.27. The fraction of sp³-hybridized carbons (Fsp3) is 0.600. The van der Waals surface area contributed by atoms with Gasteiger partial charge in [-0.15, -0.1) is 0 Å². The van der Waals surface area contributed by atoms with Gasteiger partial charge in [0.15, 0.2) is 0 Å². The topological polar surface area (TPSA) is 9.23 Å². The number of rotatable bonds is 3. The van der Waals surface area contributed by atoms with Crippen molar-refractivity contribution in [1.82, 2.24) is 0 Å². The molecule has 2 heteroatoms. The molecule has 0 heterocycles. The van der Waals surface area contributed by atoms with Crippen LogP contribution in [0.5, 0.6) is 0 Å². The number of allylic oxidation sites excluding steroid dienone is 2. The molecule has 0 N–H and O–H groups in total. The van der Waals surface area contributed by atoms with Crippen molar-refractivity contribution in [2.24, 2.45) is 0 Å². The smallest absolute Gasteiger partial charge is 0.233 e. The summed E-state index contributed by atoms with van der Waals surface area (Å²) in [6, 6.07) is 1.06. The van der Waals surface area contributed by atoms with Gasteiger partial charge in [0.25, 0.3) is 0 Å². The average molecular weight is 114 g/mol. The van der Waals surface area contributed by atoms with Gasteiger partial charge in [-0.3, -0.25) is 0 Å². The Bertz CT molecular complexity index is 52.0. The Morgan fingerprint density at radius 3 is 2.86 bits per heavy atom. The first-order chi connectivity index (χ1) is 3.41. The molecule has 0 spiro atoms. The van der Waals surface area contributed by atoms with Gasteiger partial charge in [-0.2, -0.15) is 0 Å². The van der Waals surface area contributed by atoms with Gasteiger partial charge in [0.05, 0.1) is 0 Å². The third kappa shape index (κ3) is 5.92. The van der Waals surface area contributed by atoms with E-state index in [0.29, 0.717) is 9.76 Å². The molecule has 40 valence electrons. The molecule has 0 aromatic rings. The summed E-state index contributed by atoms with van der Waals surface area (Å²) in [5.74, 6) is 0. The fourth-order valence-corrected chi connectivity index (χ4v) is 0.748. The van der Waals surface area contributed by atoms with Crippen LogP contribution in [0.1, 0.15) is 6.92 Å². The van der Waals surface area contributed by atoms with Crippen molar-refractivity contribution in [3.05, 3.63) is 12.2 Å². The van der Waals surface area contributed by atoms with E-state index >= 15 is 0 Å². The highest BCUT2D eigenvalue weighted by Gasteiger charge is 1.77. The largest absolute Gasteiger partial charge is 0.420 e. The van der Waals surface area contributed by atoms with Crippen LogP contribution in [0.4, 0.5) is 0 Å². The molecule has 0 aliphatic carbocycles. The lowest BCUT2D eigenvalue weighted by Gasteiger charge is -1.84. The SMILES string of the molecule is C/C=C/C[Si]OC. The first-order valence-corrected chi connectivity index (χ1v) is 3.40. The zero-order valence-corrected chi connectivity index (χ0v) is 5.77. The van der Waals surface area contributed by atoms with Gasteiger partial charge >= 0.3 is 0 Å². The Balaban J connectivity index is 2.69. The normalized spacial score (nSPS) is 10.6. The lowest BCUT2D eigenvalue weighted by atomic mass is 10.6. The number of hydrogen-bond acceptors (Lipinski definition) is 1. The molecule has 1 nitrogen and oxygen atoms in total. The van der Waals surface area contributed by atoms with Crippen molar-refractivity contribution >= 4 is 9.76 Å². The van der Waals surface area contributed by atoms with Crippen molar-refractivity contribution in [3.8, 4) is 0 Å². The maximum absolute atomic E-state index is 4.82. The van der Waals surface area contributed by atoms with E-state index in [9.17, 15) is 0 Å². The van der Waals surface area contributed by atoms with E-state index in [0.717, 1.165) is 6.04 Å². The molecular formula is C5H10OSi. The molecular weight excluding hydrogens is 104 g/mol. The predicted octanol–water partition coefficient (Wildman–Crippen LogP) is 1.25.